The van der Waals surface area contributed by atoms with Crippen molar-refractivity contribution in [3.63, 3.8) is 0 Å². The van der Waals surface area contributed by atoms with E-state index in [1.807, 2.05) is 30.4 Å². The molecule has 2 aromatic heterocycles. The highest BCUT2D eigenvalue weighted by atomic mass is 16.6. The van der Waals surface area contributed by atoms with Crippen LogP contribution in [-0.2, 0) is 58.8 Å². The number of cyclic esters (lactones) is 2. The van der Waals surface area contributed by atoms with Crippen molar-refractivity contribution < 1.29 is 81.0 Å². The molecule has 3 aliphatic rings. The quantitative estimate of drug-likeness (QED) is 0.0706. The number of nitrogens with zero attached hydrogens (tertiary/aromatic N) is 2. The molecule has 3 aliphatic heterocycles. The summed E-state index contributed by atoms with van der Waals surface area (Å²) in [5.41, 5.74) is -2.23. The fourth-order valence-electron chi connectivity index (χ4n) is 7.44. The summed E-state index contributed by atoms with van der Waals surface area (Å²) in [6.45, 7) is 10.6. The third-order valence-corrected chi connectivity index (χ3v) is 12.0. The Bertz CT molecular complexity index is 2380. The molecule has 0 aliphatic carbocycles. The minimum atomic E-state index is -1.14. The first-order chi connectivity index (χ1) is 33.8. The first kappa shape index (κ1) is 55.2. The van der Waals surface area contributed by atoms with Gasteiger partial charge in [0, 0.05) is 49.7 Å². The number of oxazole rings is 2. The number of aliphatic carboxylic acids is 2. The van der Waals surface area contributed by atoms with E-state index in [4.69, 9.17) is 52.2 Å². The van der Waals surface area contributed by atoms with Gasteiger partial charge in [-0.15, -0.1) is 0 Å². The van der Waals surface area contributed by atoms with Crippen LogP contribution in [0.5, 0.6) is 0 Å². The minimum Gasteiger partial charge on any atom is -0.481 e. The molecule has 19 heteroatoms. The fourth-order valence-corrected chi connectivity index (χ4v) is 7.44. The van der Waals surface area contributed by atoms with Gasteiger partial charge >= 0.3 is 35.8 Å². The summed E-state index contributed by atoms with van der Waals surface area (Å²) in [4.78, 5) is 83.9. The van der Waals surface area contributed by atoms with Crippen molar-refractivity contribution >= 4 is 41.9 Å². The Hall–Kier alpha value is -6.70. The Labute approximate surface area is 412 Å². The van der Waals surface area contributed by atoms with Crippen molar-refractivity contribution in [3.8, 4) is 0 Å². The Balaban J connectivity index is 1.39. The number of fused-ring (bicyclic) bond motifs is 6. The van der Waals surface area contributed by atoms with E-state index in [1.165, 1.54) is 19.6 Å². The molecule has 19 nitrogen and oxygen atoms in total. The van der Waals surface area contributed by atoms with E-state index in [1.54, 1.807) is 96.2 Å². The molecular formula is C52H64N2O17. The number of carbonyl (C=O) groups is 6. The predicted octanol–water partition coefficient (Wildman–Crippen LogP) is 7.69. The van der Waals surface area contributed by atoms with Gasteiger partial charge in [0.05, 0.1) is 25.4 Å². The lowest BCUT2D eigenvalue weighted by atomic mass is 9.78. The molecule has 2 saturated heterocycles. The van der Waals surface area contributed by atoms with Gasteiger partial charge in [-0.05, 0) is 32.4 Å². The summed E-state index contributed by atoms with van der Waals surface area (Å²) < 4.78 is 52.4. The second-order valence-corrected chi connectivity index (χ2v) is 18.2. The molecule has 0 saturated carbocycles. The van der Waals surface area contributed by atoms with Gasteiger partial charge in [0.15, 0.2) is 17.3 Å². The van der Waals surface area contributed by atoms with Gasteiger partial charge in [-0.2, -0.15) is 0 Å². The first-order valence-corrected chi connectivity index (χ1v) is 23.4. The summed E-state index contributed by atoms with van der Waals surface area (Å²) in [5, 5.41) is 18.2. The molecule has 384 valence electrons. The molecule has 5 heterocycles. The van der Waals surface area contributed by atoms with Gasteiger partial charge in [0.2, 0.25) is 5.89 Å². The molecule has 0 aromatic carbocycles. The smallest absolute Gasteiger partial charge is 0.360 e. The molecular weight excluding hydrogens is 925 g/mol. The second-order valence-electron chi connectivity index (χ2n) is 18.2. The number of allylic oxidation sites excluding steroid dienone is 4. The number of epoxide rings is 2. The van der Waals surface area contributed by atoms with Gasteiger partial charge in [-0.1, -0.05) is 94.5 Å². The number of hydrogen-bond donors (Lipinski definition) is 2. The van der Waals surface area contributed by atoms with Crippen molar-refractivity contribution in [2.75, 3.05) is 7.11 Å². The number of aromatic nitrogens is 2. The molecule has 2 aromatic rings. The van der Waals surface area contributed by atoms with Gasteiger partial charge < -0.3 is 52.2 Å². The van der Waals surface area contributed by atoms with Crippen LogP contribution in [0.15, 0.2) is 100 Å². The maximum Gasteiger partial charge on any atom is 0.360 e. The zero-order valence-electron chi connectivity index (χ0n) is 41.0. The van der Waals surface area contributed by atoms with Crippen LogP contribution in [0, 0.1) is 10.8 Å². The number of esters is 4. The number of carboxylic acids is 2. The van der Waals surface area contributed by atoms with Gasteiger partial charge in [-0.25, -0.2) is 19.6 Å². The number of carbonyl (C=O) groups excluding carboxylic acids is 4. The number of carboxylic acid groups (broad SMARTS) is 2. The molecule has 4 bridgehead atoms. The van der Waals surface area contributed by atoms with Crippen LogP contribution >= 0.6 is 0 Å². The van der Waals surface area contributed by atoms with Gasteiger partial charge in [0.25, 0.3) is 0 Å². The highest BCUT2D eigenvalue weighted by Crippen LogP contribution is 2.37. The molecule has 0 amide bonds. The van der Waals surface area contributed by atoms with Gasteiger partial charge in [0.1, 0.15) is 61.4 Å². The third kappa shape index (κ3) is 17.0. The molecule has 2 N–H and O–H groups in total. The molecule has 2 fully saturated rings. The average Bonchev–Trinajstić information content (AvgIpc) is 4.12. The van der Waals surface area contributed by atoms with E-state index in [-0.39, 0.29) is 92.5 Å². The molecule has 9 atom stereocenters. The van der Waals surface area contributed by atoms with E-state index in [2.05, 4.69) is 9.97 Å². The molecule has 71 heavy (non-hydrogen) atoms. The maximum atomic E-state index is 13.8. The summed E-state index contributed by atoms with van der Waals surface area (Å²) >= 11 is 0. The molecule has 5 rings (SSSR count). The maximum absolute atomic E-state index is 13.8. The predicted molar refractivity (Wildman–Crippen MR) is 253 cm³/mol. The SMILES string of the molecule is C/C=C/[C@H](OC(=O)CCC(=O)O)C(C)(C)[C@H]1C/C=C\C2OC2/C=C/[C@H](OC)Cc2nc(co2)C(=O)O[C@@H](C(C)(C)[C@H](/C=C/C)OC(=O)CCCC(=O)O)C/C=C\[C@H]2O[C@H]2/C=C/C=C\c2nc(co2)C(=O)O1. The Morgan fingerprint density at radius 2 is 1.21 bits per heavy atom. The zero-order chi connectivity index (χ0) is 51.7. The van der Waals surface area contributed by atoms with E-state index < -0.39 is 83.6 Å². The Morgan fingerprint density at radius 1 is 0.690 bits per heavy atom. The first-order valence-electron chi connectivity index (χ1n) is 23.4. The van der Waals surface area contributed by atoms with Crippen LogP contribution in [-0.4, -0.2) is 118 Å². The van der Waals surface area contributed by atoms with Crippen molar-refractivity contribution in [2.45, 2.75) is 148 Å². The largest absolute Gasteiger partial charge is 0.481 e. The summed E-state index contributed by atoms with van der Waals surface area (Å²) in [7, 11) is 1.51. The number of methoxy groups -OCH3 is 1. The van der Waals surface area contributed by atoms with E-state index >= 15 is 0 Å². The van der Waals surface area contributed by atoms with Crippen LogP contribution in [0.4, 0.5) is 0 Å². The number of hydrogen-bond acceptors (Lipinski definition) is 17. The van der Waals surface area contributed by atoms with Crippen LogP contribution in [0.1, 0.15) is 119 Å². The monoisotopic (exact) mass is 988 g/mol. The van der Waals surface area contributed by atoms with E-state index in [0.29, 0.717) is 0 Å². The third-order valence-electron chi connectivity index (χ3n) is 12.0. The lowest BCUT2D eigenvalue weighted by molar-refractivity contribution is -0.158. The highest BCUT2D eigenvalue weighted by molar-refractivity contribution is 5.87. The van der Waals surface area contributed by atoms with Crippen LogP contribution in [0.3, 0.4) is 0 Å². The highest BCUT2D eigenvalue weighted by Gasteiger charge is 2.43. The minimum absolute atomic E-state index is 0.0856. The Morgan fingerprint density at radius 3 is 1.76 bits per heavy atom. The number of ether oxygens (including phenoxy) is 7. The van der Waals surface area contributed by atoms with E-state index in [0.717, 1.165) is 0 Å². The summed E-state index contributed by atoms with van der Waals surface area (Å²) in [6, 6.07) is 0. The second kappa shape index (κ2) is 26.0. The lowest BCUT2D eigenvalue weighted by Crippen LogP contribution is -2.44. The molecule has 0 radical (unpaired) electrons. The van der Waals surface area contributed by atoms with E-state index in [9.17, 15) is 28.8 Å². The van der Waals surface area contributed by atoms with Crippen LogP contribution < -0.4 is 0 Å². The summed E-state index contributed by atoms with van der Waals surface area (Å²) in [6.07, 6.45) is 21.0. The number of rotatable bonds is 16. The Kier molecular flexibility index (Phi) is 20.2. The zero-order valence-corrected chi connectivity index (χ0v) is 41.0. The topological polar surface area (TPSA) is 266 Å². The van der Waals surface area contributed by atoms with Crippen LogP contribution in [0.2, 0.25) is 0 Å². The standard InChI is InChI=1S/C52H64N2O17/c1-8-15-39(68-47(59)24-14-23-45(55)56)51(3,4)41-20-12-18-36-35(66-36)17-10-11-22-43-53-33(30-64-43)49(61)70-42(52(5,6)40(16-9-2)69-48(60)28-27-46(57)58)21-13-19-37-38(67-37)26-25-32(63-7)29-44-54-34(31-65-44)50(62)71-41/h8-13,15-19,22,25-26,30-32,35-42H,14,20-21,23-24,27-29H2,1-7H3,(H,55,56)(H,57,58)/b15-8+,16-9+,17-10+,18-12-,19-13-,22-11-,26-25+/t32-,35-,36+,37?,38?,39-,40-,41+,42+/m0/s1. The van der Waals surface area contributed by atoms with Gasteiger partial charge in [-0.3, -0.25) is 19.2 Å². The fraction of sp³-hybridized carbons (Fsp3) is 0.500. The lowest BCUT2D eigenvalue weighted by Gasteiger charge is -2.38. The van der Waals surface area contributed by atoms with Crippen molar-refractivity contribution in [1.82, 2.24) is 9.97 Å². The molecule has 2 unspecified atom stereocenters. The van der Waals surface area contributed by atoms with Crippen molar-refractivity contribution in [3.05, 3.63) is 115 Å². The average molecular weight is 989 g/mol. The van der Waals surface area contributed by atoms with Crippen LogP contribution in [0.25, 0.3) is 6.08 Å². The van der Waals surface area contributed by atoms with Crippen molar-refractivity contribution in [1.29, 1.82) is 0 Å². The van der Waals surface area contributed by atoms with Crippen molar-refractivity contribution in [2.24, 2.45) is 10.8 Å². The normalized spacial score (nSPS) is 26.5. The molecule has 0 spiro atoms. The summed E-state index contributed by atoms with van der Waals surface area (Å²) in [5.74, 6) is -4.71.